The molecule has 0 spiro atoms. The number of carboxylic acids is 1. The third kappa shape index (κ3) is 3.10. The minimum absolute atomic E-state index is 0.0344. The Kier molecular flexibility index (Phi) is 3.94. The Labute approximate surface area is 113 Å². The van der Waals surface area contributed by atoms with E-state index >= 15 is 0 Å². The molecule has 8 nitrogen and oxygen atoms in total. The topological polar surface area (TPSA) is 107 Å². The number of nitro benzene ring substituents is 1. The van der Waals surface area contributed by atoms with Gasteiger partial charge in [0.1, 0.15) is 6.61 Å². The fourth-order valence-electron chi connectivity index (χ4n) is 1.60. The van der Waals surface area contributed by atoms with E-state index in [1.165, 1.54) is 12.1 Å². The minimum Gasteiger partial charge on any atom is -0.485 e. The van der Waals surface area contributed by atoms with Crippen LogP contribution in [-0.2, 0) is 6.54 Å². The van der Waals surface area contributed by atoms with E-state index in [1.807, 2.05) is 0 Å². The zero-order valence-electron chi connectivity index (χ0n) is 10.3. The van der Waals surface area contributed by atoms with E-state index in [0.29, 0.717) is 6.54 Å². The van der Waals surface area contributed by atoms with Gasteiger partial charge in [0.15, 0.2) is 5.75 Å². The summed E-state index contributed by atoms with van der Waals surface area (Å²) in [5.41, 5.74) is -0.526. The first-order valence-corrected chi connectivity index (χ1v) is 5.70. The van der Waals surface area contributed by atoms with Crippen LogP contribution in [-0.4, -0.2) is 32.4 Å². The van der Waals surface area contributed by atoms with Crippen LogP contribution in [0.15, 0.2) is 36.7 Å². The van der Waals surface area contributed by atoms with E-state index in [2.05, 4.69) is 5.10 Å². The molecule has 2 rings (SSSR count). The van der Waals surface area contributed by atoms with Gasteiger partial charge in [-0.2, -0.15) is 5.10 Å². The molecule has 0 aliphatic rings. The number of ether oxygens (including phenoxy) is 1. The molecule has 0 bridgehead atoms. The Balaban J connectivity index is 2.10. The fourth-order valence-corrected chi connectivity index (χ4v) is 1.60. The first-order valence-electron chi connectivity index (χ1n) is 5.70. The van der Waals surface area contributed by atoms with Crippen molar-refractivity contribution in [3.8, 4) is 5.75 Å². The lowest BCUT2D eigenvalue weighted by Gasteiger charge is -2.07. The predicted octanol–water partition coefficient (Wildman–Crippen LogP) is 1.57. The summed E-state index contributed by atoms with van der Waals surface area (Å²) in [5.74, 6) is -1.19. The molecule has 1 heterocycles. The number of nitrogens with zero attached hydrogens (tertiary/aromatic N) is 3. The maximum atomic E-state index is 10.9. The molecule has 0 saturated carbocycles. The van der Waals surface area contributed by atoms with E-state index in [9.17, 15) is 14.9 Å². The van der Waals surface area contributed by atoms with Crippen molar-refractivity contribution in [1.29, 1.82) is 0 Å². The average molecular weight is 277 g/mol. The lowest BCUT2D eigenvalue weighted by atomic mass is 10.2. The van der Waals surface area contributed by atoms with Gasteiger partial charge in [-0.05, 0) is 18.2 Å². The molecule has 1 N–H and O–H groups in total. The first kappa shape index (κ1) is 13.5. The highest BCUT2D eigenvalue weighted by atomic mass is 16.6. The van der Waals surface area contributed by atoms with Crippen molar-refractivity contribution in [2.75, 3.05) is 6.61 Å². The molecule has 20 heavy (non-hydrogen) atoms. The predicted molar refractivity (Wildman–Crippen MR) is 67.8 cm³/mol. The van der Waals surface area contributed by atoms with Crippen molar-refractivity contribution in [2.24, 2.45) is 0 Å². The van der Waals surface area contributed by atoms with Crippen molar-refractivity contribution in [1.82, 2.24) is 9.78 Å². The van der Waals surface area contributed by atoms with Crippen molar-refractivity contribution in [3.05, 3.63) is 52.3 Å². The molecule has 0 aliphatic heterocycles. The molecule has 0 atom stereocenters. The number of nitro groups is 1. The monoisotopic (exact) mass is 277 g/mol. The summed E-state index contributed by atoms with van der Waals surface area (Å²) in [6.45, 7) is 0.625. The third-order valence-electron chi connectivity index (χ3n) is 2.54. The quantitative estimate of drug-likeness (QED) is 0.634. The summed E-state index contributed by atoms with van der Waals surface area (Å²) in [5, 5.41) is 23.7. The zero-order valence-corrected chi connectivity index (χ0v) is 10.3. The van der Waals surface area contributed by atoms with Gasteiger partial charge in [0, 0.05) is 18.5 Å². The first-order chi connectivity index (χ1) is 9.58. The Bertz CT molecular complexity index is 624. The van der Waals surface area contributed by atoms with Crippen LogP contribution in [0.3, 0.4) is 0 Å². The number of benzene rings is 1. The van der Waals surface area contributed by atoms with E-state index in [4.69, 9.17) is 9.84 Å². The maximum Gasteiger partial charge on any atom is 0.335 e. The van der Waals surface area contributed by atoms with Crippen LogP contribution in [0, 0.1) is 10.1 Å². The summed E-state index contributed by atoms with van der Waals surface area (Å²) in [6, 6.07) is 5.28. The second kappa shape index (κ2) is 5.83. The molecule has 0 radical (unpaired) electrons. The lowest BCUT2D eigenvalue weighted by molar-refractivity contribution is -0.385. The number of carbonyl (C=O) groups is 1. The highest BCUT2D eigenvalue weighted by Crippen LogP contribution is 2.28. The summed E-state index contributed by atoms with van der Waals surface area (Å²) in [6.07, 6.45) is 3.36. The molecule has 0 saturated heterocycles. The zero-order chi connectivity index (χ0) is 14.5. The molecule has 1 aromatic heterocycles. The molecule has 2 aromatic rings. The van der Waals surface area contributed by atoms with Crippen LogP contribution in [0.2, 0.25) is 0 Å². The van der Waals surface area contributed by atoms with E-state index in [-0.39, 0.29) is 23.6 Å². The van der Waals surface area contributed by atoms with Crippen LogP contribution in [0.5, 0.6) is 5.75 Å². The van der Waals surface area contributed by atoms with Gasteiger partial charge in [-0.3, -0.25) is 14.8 Å². The SMILES string of the molecule is O=C(O)c1ccc(OCCn2cccn2)c([N+](=O)[O-])c1. The number of hydrogen-bond donors (Lipinski definition) is 1. The molecule has 0 unspecified atom stereocenters. The van der Waals surface area contributed by atoms with Gasteiger partial charge in [-0.25, -0.2) is 4.79 Å². The van der Waals surface area contributed by atoms with E-state index in [0.717, 1.165) is 6.07 Å². The highest BCUT2D eigenvalue weighted by Gasteiger charge is 2.18. The number of aromatic nitrogens is 2. The van der Waals surface area contributed by atoms with Crippen molar-refractivity contribution >= 4 is 11.7 Å². The summed E-state index contributed by atoms with van der Waals surface area (Å²) < 4.78 is 6.93. The number of carboxylic acid groups (broad SMARTS) is 1. The van der Waals surface area contributed by atoms with Crippen LogP contribution in [0.1, 0.15) is 10.4 Å². The number of rotatable bonds is 6. The fraction of sp³-hybridized carbons (Fsp3) is 0.167. The van der Waals surface area contributed by atoms with Gasteiger partial charge in [0.25, 0.3) is 0 Å². The van der Waals surface area contributed by atoms with Crippen LogP contribution in [0.25, 0.3) is 0 Å². The lowest BCUT2D eigenvalue weighted by Crippen LogP contribution is -2.09. The maximum absolute atomic E-state index is 10.9. The van der Waals surface area contributed by atoms with Crippen molar-refractivity contribution in [2.45, 2.75) is 6.54 Å². The smallest absolute Gasteiger partial charge is 0.335 e. The van der Waals surface area contributed by atoms with Gasteiger partial charge < -0.3 is 9.84 Å². The summed E-state index contributed by atoms with van der Waals surface area (Å²) in [4.78, 5) is 21.0. The molecule has 0 aliphatic carbocycles. The summed E-state index contributed by atoms with van der Waals surface area (Å²) in [7, 11) is 0. The van der Waals surface area contributed by atoms with Crippen molar-refractivity contribution < 1.29 is 19.6 Å². The molecule has 1 aromatic carbocycles. The summed E-state index contributed by atoms with van der Waals surface area (Å²) >= 11 is 0. The van der Waals surface area contributed by atoms with E-state index in [1.54, 1.807) is 23.1 Å². The van der Waals surface area contributed by atoms with E-state index < -0.39 is 10.9 Å². The molecular weight excluding hydrogens is 266 g/mol. The van der Waals surface area contributed by atoms with Crippen molar-refractivity contribution in [3.63, 3.8) is 0 Å². The molecule has 104 valence electrons. The Hall–Kier alpha value is -2.90. The van der Waals surface area contributed by atoms with Gasteiger partial charge in [-0.15, -0.1) is 0 Å². The normalized spacial score (nSPS) is 10.2. The van der Waals surface area contributed by atoms with Crippen LogP contribution >= 0.6 is 0 Å². The van der Waals surface area contributed by atoms with Crippen LogP contribution < -0.4 is 4.74 Å². The third-order valence-corrected chi connectivity index (χ3v) is 2.54. The van der Waals surface area contributed by atoms with Gasteiger partial charge in [0.05, 0.1) is 17.0 Å². The van der Waals surface area contributed by atoms with Crippen LogP contribution in [0.4, 0.5) is 5.69 Å². The van der Waals surface area contributed by atoms with Gasteiger partial charge in [0.2, 0.25) is 0 Å². The molecule has 0 amide bonds. The Morgan fingerprint density at radius 1 is 1.50 bits per heavy atom. The Morgan fingerprint density at radius 2 is 2.30 bits per heavy atom. The molecule has 0 fully saturated rings. The molecular formula is C12H11N3O5. The van der Waals surface area contributed by atoms with Gasteiger partial charge in [-0.1, -0.05) is 0 Å². The molecule has 8 heteroatoms. The largest absolute Gasteiger partial charge is 0.485 e. The Morgan fingerprint density at radius 3 is 2.90 bits per heavy atom. The number of hydrogen-bond acceptors (Lipinski definition) is 5. The second-order valence-electron chi connectivity index (χ2n) is 3.86. The second-order valence-corrected chi connectivity index (χ2v) is 3.86. The number of aromatic carboxylic acids is 1. The van der Waals surface area contributed by atoms with Gasteiger partial charge >= 0.3 is 11.7 Å². The standard InChI is InChI=1S/C12H11N3O5/c16-12(17)9-2-3-11(10(8-9)15(18)19)20-7-6-14-5-1-4-13-14/h1-5,8H,6-7H2,(H,16,17). The minimum atomic E-state index is -1.23. The highest BCUT2D eigenvalue weighted by molar-refractivity contribution is 5.88. The average Bonchev–Trinajstić information content (AvgIpc) is 2.91.